The third-order valence-electron chi connectivity index (χ3n) is 1.87. The molecule has 0 bridgehead atoms. The van der Waals surface area contributed by atoms with Crippen molar-refractivity contribution in [2.75, 3.05) is 17.6 Å². The average molecular weight is 239 g/mol. The van der Waals surface area contributed by atoms with Gasteiger partial charge < -0.3 is 11.1 Å². The molecule has 2 rings (SSSR count). The van der Waals surface area contributed by atoms with E-state index in [9.17, 15) is 0 Å². The number of nitrogens with one attached hydrogen (secondary N) is 1. The van der Waals surface area contributed by atoms with E-state index in [1.54, 1.807) is 16.9 Å². The number of aromatic nitrogens is 4. The molecule has 0 amide bonds. The van der Waals surface area contributed by atoms with Crippen LogP contribution < -0.4 is 11.1 Å². The summed E-state index contributed by atoms with van der Waals surface area (Å²) < 4.78 is 1.54. The second-order valence-corrected chi connectivity index (χ2v) is 3.54. The lowest BCUT2D eigenvalue weighted by Gasteiger charge is -2.06. The summed E-state index contributed by atoms with van der Waals surface area (Å²) in [6.45, 7) is 2.73. The molecule has 0 spiro atoms. The van der Waals surface area contributed by atoms with Crippen molar-refractivity contribution in [3.05, 3.63) is 23.5 Å². The van der Waals surface area contributed by atoms with Crippen molar-refractivity contribution >= 4 is 23.4 Å². The molecule has 2 aromatic rings. The van der Waals surface area contributed by atoms with Gasteiger partial charge in [-0.2, -0.15) is 15.1 Å². The summed E-state index contributed by atoms with van der Waals surface area (Å²) in [4.78, 5) is 8.11. The third kappa shape index (κ3) is 2.22. The van der Waals surface area contributed by atoms with E-state index in [1.165, 1.54) is 6.20 Å². The van der Waals surface area contributed by atoms with Crippen LogP contribution >= 0.6 is 11.6 Å². The smallest absolute Gasteiger partial charge is 0.224 e. The van der Waals surface area contributed by atoms with Gasteiger partial charge in [-0.1, -0.05) is 11.6 Å². The van der Waals surface area contributed by atoms with E-state index < -0.39 is 0 Å². The number of rotatable bonds is 3. The Morgan fingerprint density at radius 1 is 1.50 bits per heavy atom. The molecule has 6 nitrogen and oxygen atoms in total. The van der Waals surface area contributed by atoms with Gasteiger partial charge in [0.1, 0.15) is 5.82 Å². The van der Waals surface area contributed by atoms with Crippen LogP contribution in [0.4, 0.5) is 11.8 Å². The van der Waals surface area contributed by atoms with E-state index in [0.717, 1.165) is 6.54 Å². The van der Waals surface area contributed by atoms with Crippen LogP contribution in [0.15, 0.2) is 18.5 Å². The summed E-state index contributed by atoms with van der Waals surface area (Å²) in [7, 11) is 0. The van der Waals surface area contributed by atoms with Crippen molar-refractivity contribution in [1.82, 2.24) is 19.7 Å². The average Bonchev–Trinajstić information content (AvgIpc) is 2.64. The van der Waals surface area contributed by atoms with Gasteiger partial charge >= 0.3 is 0 Å². The minimum absolute atomic E-state index is 0.195. The maximum atomic E-state index is 5.78. The van der Waals surface area contributed by atoms with Crippen LogP contribution in [0.3, 0.4) is 0 Å². The van der Waals surface area contributed by atoms with Crippen molar-refractivity contribution in [1.29, 1.82) is 0 Å². The first-order valence-corrected chi connectivity index (χ1v) is 5.16. The van der Waals surface area contributed by atoms with Gasteiger partial charge in [0.15, 0.2) is 5.82 Å². The Labute approximate surface area is 97.5 Å². The molecular formula is C9H11ClN6. The third-order valence-corrected chi connectivity index (χ3v) is 2.07. The molecule has 0 aromatic carbocycles. The van der Waals surface area contributed by atoms with Gasteiger partial charge in [0, 0.05) is 12.6 Å². The molecule has 0 unspecified atom stereocenters. The summed E-state index contributed by atoms with van der Waals surface area (Å²) in [5.41, 5.74) is 5.60. The van der Waals surface area contributed by atoms with E-state index >= 15 is 0 Å². The van der Waals surface area contributed by atoms with Gasteiger partial charge in [-0.3, -0.25) is 0 Å². The molecule has 0 atom stereocenters. The second-order valence-electron chi connectivity index (χ2n) is 3.10. The van der Waals surface area contributed by atoms with Gasteiger partial charge in [0.05, 0.1) is 17.4 Å². The number of nitrogen functional groups attached to an aromatic ring is 1. The maximum absolute atomic E-state index is 5.78. The van der Waals surface area contributed by atoms with Crippen LogP contribution in [0.25, 0.3) is 5.82 Å². The highest BCUT2D eigenvalue weighted by Crippen LogP contribution is 2.14. The van der Waals surface area contributed by atoms with Crippen molar-refractivity contribution in [3.8, 4) is 5.82 Å². The molecule has 0 aliphatic carbocycles. The molecule has 16 heavy (non-hydrogen) atoms. The Balaban J connectivity index is 2.40. The molecule has 0 fully saturated rings. The molecule has 0 aliphatic rings. The van der Waals surface area contributed by atoms with E-state index in [0.29, 0.717) is 16.7 Å². The van der Waals surface area contributed by atoms with Gasteiger partial charge in [0.25, 0.3) is 0 Å². The zero-order valence-corrected chi connectivity index (χ0v) is 9.44. The second kappa shape index (κ2) is 4.36. The Morgan fingerprint density at radius 3 is 2.94 bits per heavy atom. The Hall–Kier alpha value is -1.82. The fraction of sp³-hybridized carbons (Fsp3) is 0.222. The number of hydrogen-bond donors (Lipinski definition) is 2. The molecule has 84 valence electrons. The monoisotopic (exact) mass is 238 g/mol. The fourth-order valence-electron chi connectivity index (χ4n) is 1.27. The Morgan fingerprint density at radius 2 is 2.31 bits per heavy atom. The van der Waals surface area contributed by atoms with Crippen LogP contribution in [0.5, 0.6) is 0 Å². The van der Waals surface area contributed by atoms with Gasteiger partial charge in [0.2, 0.25) is 5.95 Å². The normalized spacial score (nSPS) is 10.4. The fourth-order valence-corrected chi connectivity index (χ4v) is 1.40. The lowest BCUT2D eigenvalue weighted by molar-refractivity contribution is 0.842. The van der Waals surface area contributed by atoms with Crippen LogP contribution in [0.2, 0.25) is 5.02 Å². The molecule has 2 heterocycles. The maximum Gasteiger partial charge on any atom is 0.224 e. The van der Waals surface area contributed by atoms with E-state index in [2.05, 4.69) is 20.4 Å². The highest BCUT2D eigenvalue weighted by atomic mass is 35.5. The van der Waals surface area contributed by atoms with Crippen molar-refractivity contribution in [3.63, 3.8) is 0 Å². The Kier molecular flexibility index (Phi) is 2.91. The first kappa shape index (κ1) is 10.7. The summed E-state index contributed by atoms with van der Waals surface area (Å²) in [5.74, 6) is 1.44. The van der Waals surface area contributed by atoms with Crippen molar-refractivity contribution in [2.24, 2.45) is 0 Å². The highest BCUT2D eigenvalue weighted by molar-refractivity contribution is 6.30. The number of hydrogen-bond acceptors (Lipinski definition) is 5. The predicted octanol–water partition coefficient (Wildman–Crippen LogP) is 1.33. The van der Waals surface area contributed by atoms with Crippen LogP contribution in [0.1, 0.15) is 6.92 Å². The SMILES string of the molecule is CCNc1cc(-n2cc(Cl)cn2)nc(N)n1. The zero-order chi connectivity index (χ0) is 11.5. The molecule has 0 radical (unpaired) electrons. The first-order valence-electron chi connectivity index (χ1n) is 4.78. The number of nitrogens with zero attached hydrogens (tertiary/aromatic N) is 4. The summed E-state index contributed by atoms with van der Waals surface area (Å²) in [6.07, 6.45) is 3.19. The topological polar surface area (TPSA) is 81.7 Å². The molecular weight excluding hydrogens is 228 g/mol. The lowest BCUT2D eigenvalue weighted by Crippen LogP contribution is -2.07. The number of anilines is 2. The van der Waals surface area contributed by atoms with Gasteiger partial charge in [-0.05, 0) is 6.92 Å². The van der Waals surface area contributed by atoms with Gasteiger partial charge in [-0.25, -0.2) is 4.68 Å². The highest BCUT2D eigenvalue weighted by Gasteiger charge is 2.05. The molecule has 0 saturated carbocycles. The van der Waals surface area contributed by atoms with Crippen molar-refractivity contribution < 1.29 is 0 Å². The first-order chi connectivity index (χ1) is 7.69. The standard InChI is InChI=1S/C9H11ClN6/c1-2-12-7-3-8(15-9(11)14-7)16-5-6(10)4-13-16/h3-5H,2H2,1H3,(H3,11,12,14,15). The summed E-state index contributed by atoms with van der Waals surface area (Å²) in [6, 6.07) is 1.75. The van der Waals surface area contributed by atoms with Crippen LogP contribution in [-0.2, 0) is 0 Å². The van der Waals surface area contributed by atoms with Crippen LogP contribution in [-0.4, -0.2) is 26.3 Å². The largest absolute Gasteiger partial charge is 0.370 e. The van der Waals surface area contributed by atoms with Gasteiger partial charge in [-0.15, -0.1) is 0 Å². The van der Waals surface area contributed by atoms with Crippen molar-refractivity contribution in [2.45, 2.75) is 6.92 Å². The minimum atomic E-state index is 0.195. The molecule has 7 heteroatoms. The molecule has 2 aromatic heterocycles. The number of halogens is 1. The van der Waals surface area contributed by atoms with E-state index in [4.69, 9.17) is 17.3 Å². The summed E-state index contributed by atoms with van der Waals surface area (Å²) in [5, 5.41) is 7.64. The van der Waals surface area contributed by atoms with E-state index in [1.807, 2.05) is 6.92 Å². The predicted molar refractivity (Wildman–Crippen MR) is 62.7 cm³/mol. The molecule has 0 aliphatic heterocycles. The Bertz CT molecular complexity index is 494. The quantitative estimate of drug-likeness (QED) is 0.843. The molecule has 3 N–H and O–H groups in total. The van der Waals surface area contributed by atoms with E-state index in [-0.39, 0.29) is 5.95 Å². The molecule has 0 saturated heterocycles. The minimum Gasteiger partial charge on any atom is -0.370 e. The lowest BCUT2D eigenvalue weighted by atomic mass is 10.5. The zero-order valence-electron chi connectivity index (χ0n) is 8.68. The van der Waals surface area contributed by atoms with Crippen LogP contribution in [0, 0.1) is 0 Å². The number of nitrogens with two attached hydrogens (primary N) is 1. The summed E-state index contributed by atoms with van der Waals surface area (Å²) >= 11 is 5.78.